The van der Waals surface area contributed by atoms with Crippen molar-refractivity contribution in [3.8, 4) is 0 Å². The van der Waals surface area contributed by atoms with Gasteiger partial charge in [-0.1, -0.05) is 22.9 Å². The molecule has 1 fully saturated rings. The lowest BCUT2D eigenvalue weighted by Gasteiger charge is -2.36. The first-order valence-electron chi connectivity index (χ1n) is 7.26. The normalized spacial score (nSPS) is 24.2. The maximum absolute atomic E-state index is 5.89. The van der Waals surface area contributed by atoms with E-state index in [0.717, 1.165) is 43.6 Å². The van der Waals surface area contributed by atoms with Gasteiger partial charge < -0.3 is 4.74 Å². The number of hydrogen-bond donors (Lipinski definition) is 0. The van der Waals surface area contributed by atoms with Crippen LogP contribution in [-0.4, -0.2) is 45.3 Å². The van der Waals surface area contributed by atoms with Gasteiger partial charge in [0, 0.05) is 31.5 Å². The van der Waals surface area contributed by atoms with E-state index in [-0.39, 0.29) is 12.2 Å². The van der Waals surface area contributed by atoms with E-state index < -0.39 is 0 Å². The van der Waals surface area contributed by atoms with Crippen LogP contribution >= 0.6 is 31.9 Å². The lowest BCUT2D eigenvalue weighted by molar-refractivity contribution is -0.0684. The fourth-order valence-electron chi connectivity index (χ4n) is 2.74. The maximum atomic E-state index is 5.89. The Morgan fingerprint density at radius 1 is 1.35 bits per heavy atom. The first kappa shape index (κ1) is 16.5. The molecule has 0 N–H and O–H groups in total. The van der Waals surface area contributed by atoms with Gasteiger partial charge in [-0.15, -0.1) is 0 Å². The summed E-state index contributed by atoms with van der Waals surface area (Å²) in [5.41, 5.74) is 2.44. The summed E-state index contributed by atoms with van der Waals surface area (Å²) in [5, 5.41) is 5.56. The van der Waals surface area contributed by atoms with Crippen molar-refractivity contribution in [2.45, 2.75) is 52.5 Å². The second kappa shape index (κ2) is 7.38. The summed E-state index contributed by atoms with van der Waals surface area (Å²) in [4.78, 5) is 2.47. The molecule has 20 heavy (non-hydrogen) atoms. The van der Waals surface area contributed by atoms with Crippen molar-refractivity contribution >= 4 is 31.9 Å². The van der Waals surface area contributed by atoms with Gasteiger partial charge in [0.05, 0.1) is 28.1 Å². The largest absolute Gasteiger partial charge is 0.372 e. The van der Waals surface area contributed by atoms with Crippen LogP contribution in [0.25, 0.3) is 0 Å². The molecular weight excluding hydrogens is 386 g/mol. The Labute approximate surface area is 138 Å². The summed E-state index contributed by atoms with van der Waals surface area (Å²) in [7, 11) is 0. The fourth-order valence-corrected chi connectivity index (χ4v) is 3.78. The highest BCUT2D eigenvalue weighted by molar-refractivity contribution is 9.10. The van der Waals surface area contributed by atoms with Gasteiger partial charge in [-0.3, -0.25) is 9.58 Å². The molecule has 0 radical (unpaired) electrons. The molecule has 0 bridgehead atoms. The molecule has 1 aromatic heterocycles. The zero-order chi connectivity index (χ0) is 14.7. The van der Waals surface area contributed by atoms with E-state index in [4.69, 9.17) is 4.74 Å². The monoisotopic (exact) mass is 407 g/mol. The minimum Gasteiger partial charge on any atom is -0.372 e. The van der Waals surface area contributed by atoms with Gasteiger partial charge in [0.2, 0.25) is 0 Å². The lowest BCUT2D eigenvalue weighted by Crippen LogP contribution is -2.47. The van der Waals surface area contributed by atoms with E-state index in [9.17, 15) is 0 Å². The topological polar surface area (TPSA) is 30.3 Å². The molecular formula is C14H23Br2N3O. The van der Waals surface area contributed by atoms with Gasteiger partial charge >= 0.3 is 0 Å². The Morgan fingerprint density at radius 2 is 2.10 bits per heavy atom. The molecule has 1 aliphatic heterocycles. The van der Waals surface area contributed by atoms with Crippen molar-refractivity contribution in [3.05, 3.63) is 15.9 Å². The third kappa shape index (κ3) is 3.64. The van der Waals surface area contributed by atoms with Crippen LogP contribution in [0, 0.1) is 0 Å². The van der Waals surface area contributed by atoms with Crippen LogP contribution in [0.4, 0.5) is 0 Å². The number of morpholine rings is 1. The number of hydrogen-bond acceptors (Lipinski definition) is 3. The highest BCUT2D eigenvalue weighted by Crippen LogP contribution is 2.25. The molecule has 1 saturated heterocycles. The molecule has 2 atom stereocenters. The highest BCUT2D eigenvalue weighted by atomic mass is 79.9. The summed E-state index contributed by atoms with van der Waals surface area (Å²) in [5.74, 6) is 0. The zero-order valence-corrected chi connectivity index (χ0v) is 15.6. The summed E-state index contributed by atoms with van der Waals surface area (Å²) in [6.45, 7) is 10.2. The van der Waals surface area contributed by atoms with Crippen molar-refractivity contribution in [1.82, 2.24) is 14.7 Å². The third-order valence-electron chi connectivity index (χ3n) is 3.64. The fraction of sp³-hybridized carbons (Fsp3) is 0.786. The van der Waals surface area contributed by atoms with Crippen molar-refractivity contribution in [1.29, 1.82) is 0 Å². The van der Waals surface area contributed by atoms with Crippen molar-refractivity contribution < 1.29 is 4.74 Å². The highest BCUT2D eigenvalue weighted by Gasteiger charge is 2.26. The van der Waals surface area contributed by atoms with Crippen molar-refractivity contribution in [3.63, 3.8) is 0 Å². The summed E-state index contributed by atoms with van der Waals surface area (Å²) < 4.78 is 9.19. The standard InChI is InChI=1S/C14H23Br2N3O/c1-4-12-14(16)13(19(5-2)17-12)9-18-7-10(3)20-11(6-15)8-18/h10-11H,4-9H2,1-3H3. The van der Waals surface area contributed by atoms with Crippen LogP contribution in [0.5, 0.6) is 0 Å². The second-order valence-corrected chi connectivity index (χ2v) is 6.73. The number of nitrogens with zero attached hydrogens (tertiary/aromatic N) is 3. The van der Waals surface area contributed by atoms with Crippen LogP contribution in [0.2, 0.25) is 0 Å². The van der Waals surface area contributed by atoms with Crippen LogP contribution in [0.1, 0.15) is 32.2 Å². The zero-order valence-electron chi connectivity index (χ0n) is 12.4. The SMILES string of the molecule is CCc1nn(CC)c(CN2CC(C)OC(CBr)C2)c1Br. The maximum Gasteiger partial charge on any atom is 0.0802 e. The predicted molar refractivity (Wildman–Crippen MR) is 88.4 cm³/mol. The van der Waals surface area contributed by atoms with Gasteiger partial charge in [-0.25, -0.2) is 0 Å². The molecule has 4 nitrogen and oxygen atoms in total. The van der Waals surface area contributed by atoms with E-state index in [0.29, 0.717) is 0 Å². The number of ether oxygens (including phenoxy) is 1. The average Bonchev–Trinajstić information content (AvgIpc) is 2.74. The Bertz CT molecular complexity index is 450. The number of aromatic nitrogens is 2. The molecule has 0 aliphatic carbocycles. The molecule has 6 heteroatoms. The summed E-state index contributed by atoms with van der Waals surface area (Å²) in [6, 6.07) is 0. The van der Waals surface area contributed by atoms with Gasteiger partial charge in [0.1, 0.15) is 0 Å². The van der Waals surface area contributed by atoms with E-state index in [1.54, 1.807) is 0 Å². The minimum absolute atomic E-state index is 0.279. The smallest absolute Gasteiger partial charge is 0.0802 e. The van der Waals surface area contributed by atoms with E-state index in [1.165, 1.54) is 10.2 Å². The molecule has 0 aromatic carbocycles. The molecule has 1 aromatic rings. The molecule has 114 valence electrons. The second-order valence-electron chi connectivity index (χ2n) is 5.29. The Hall–Kier alpha value is 0.0900. The Balaban J connectivity index is 2.14. The lowest BCUT2D eigenvalue weighted by atomic mass is 10.2. The number of alkyl halides is 1. The van der Waals surface area contributed by atoms with Crippen molar-refractivity contribution in [2.75, 3.05) is 18.4 Å². The Kier molecular flexibility index (Phi) is 6.08. The summed E-state index contributed by atoms with van der Waals surface area (Å²) in [6.07, 6.45) is 1.53. The molecule has 0 spiro atoms. The van der Waals surface area contributed by atoms with Crippen LogP contribution < -0.4 is 0 Å². The van der Waals surface area contributed by atoms with Gasteiger partial charge in [0.25, 0.3) is 0 Å². The minimum atomic E-state index is 0.279. The molecule has 1 aliphatic rings. The Morgan fingerprint density at radius 3 is 2.70 bits per heavy atom. The third-order valence-corrected chi connectivity index (χ3v) is 5.28. The van der Waals surface area contributed by atoms with E-state index in [1.807, 2.05) is 0 Å². The summed E-state index contributed by atoms with van der Waals surface area (Å²) >= 11 is 7.26. The van der Waals surface area contributed by atoms with Crippen LogP contribution in [0.15, 0.2) is 4.47 Å². The van der Waals surface area contributed by atoms with Gasteiger partial charge in [0.15, 0.2) is 0 Å². The number of aryl methyl sites for hydroxylation is 2. The molecule has 0 amide bonds. The first-order valence-corrected chi connectivity index (χ1v) is 9.18. The first-order chi connectivity index (χ1) is 9.58. The molecule has 2 heterocycles. The average molecular weight is 409 g/mol. The molecule has 2 rings (SSSR count). The van der Waals surface area contributed by atoms with Crippen LogP contribution in [0.3, 0.4) is 0 Å². The number of rotatable bonds is 5. The van der Waals surface area contributed by atoms with E-state index >= 15 is 0 Å². The van der Waals surface area contributed by atoms with Crippen molar-refractivity contribution in [2.24, 2.45) is 0 Å². The molecule has 0 saturated carbocycles. The molecule has 2 unspecified atom stereocenters. The van der Waals surface area contributed by atoms with E-state index in [2.05, 4.69) is 67.3 Å². The quantitative estimate of drug-likeness (QED) is 0.700. The predicted octanol–water partition coefficient (Wildman–Crippen LogP) is 3.21. The van der Waals surface area contributed by atoms with Gasteiger partial charge in [-0.2, -0.15) is 5.10 Å². The van der Waals surface area contributed by atoms with Gasteiger partial charge in [-0.05, 0) is 36.2 Å². The number of halogens is 2. The van der Waals surface area contributed by atoms with Crippen LogP contribution in [-0.2, 0) is 24.2 Å².